The van der Waals surface area contributed by atoms with Crippen LogP contribution in [0.5, 0.6) is 0 Å². The predicted molar refractivity (Wildman–Crippen MR) is 76.0 cm³/mol. The van der Waals surface area contributed by atoms with Gasteiger partial charge in [0.05, 0.1) is 11.4 Å². The van der Waals surface area contributed by atoms with E-state index in [2.05, 4.69) is 22.1 Å². The van der Waals surface area contributed by atoms with Gasteiger partial charge in [0.2, 0.25) is 10.0 Å². The summed E-state index contributed by atoms with van der Waals surface area (Å²) >= 11 is 0. The highest BCUT2D eigenvalue weighted by Gasteiger charge is 2.39. The summed E-state index contributed by atoms with van der Waals surface area (Å²) in [5.41, 5.74) is 1.19. The normalized spacial score (nSPS) is 28.8. The van der Waals surface area contributed by atoms with Gasteiger partial charge in [0.1, 0.15) is 4.90 Å². The van der Waals surface area contributed by atoms with E-state index in [1.165, 1.54) is 6.42 Å². The number of aryl methyl sites for hydroxylation is 2. The Morgan fingerprint density at radius 2 is 1.90 bits per heavy atom. The molecule has 2 aliphatic rings. The monoisotopic (exact) mass is 298 g/mol. The molecular weight excluding hydrogens is 276 g/mol. The maximum absolute atomic E-state index is 12.9. The van der Waals surface area contributed by atoms with E-state index in [9.17, 15) is 8.42 Å². The lowest BCUT2D eigenvalue weighted by atomic mass is 10.1. The standard InChI is InChI=1S/C13H22N4O2S/c1-9-13(10(2)15-14-9)20(18,19)17-7-6-11-4-5-12(8-17)16(11)3/h11-12H,4-8H2,1-3H3,(H,14,15). The van der Waals surface area contributed by atoms with Crippen molar-refractivity contribution in [2.45, 2.75) is 50.1 Å². The lowest BCUT2D eigenvalue weighted by Crippen LogP contribution is -2.39. The van der Waals surface area contributed by atoms with Crippen LogP contribution in [0.25, 0.3) is 0 Å². The molecule has 7 heteroatoms. The van der Waals surface area contributed by atoms with Crippen molar-refractivity contribution in [3.05, 3.63) is 11.4 Å². The second kappa shape index (κ2) is 4.82. The Labute approximate surface area is 120 Å². The van der Waals surface area contributed by atoms with Crippen LogP contribution in [0.2, 0.25) is 0 Å². The zero-order valence-corrected chi connectivity index (χ0v) is 13.1. The molecule has 2 aliphatic heterocycles. The molecule has 0 spiro atoms. The van der Waals surface area contributed by atoms with Crippen LogP contribution < -0.4 is 0 Å². The average molecular weight is 298 g/mol. The van der Waals surface area contributed by atoms with E-state index in [0.29, 0.717) is 41.5 Å². The molecule has 2 bridgehead atoms. The summed E-state index contributed by atoms with van der Waals surface area (Å²) in [6.45, 7) is 4.72. The molecule has 1 N–H and O–H groups in total. The van der Waals surface area contributed by atoms with Crippen LogP contribution in [-0.4, -0.2) is 60.0 Å². The third kappa shape index (κ3) is 2.08. The van der Waals surface area contributed by atoms with Gasteiger partial charge in [-0.15, -0.1) is 0 Å². The minimum Gasteiger partial charge on any atom is -0.299 e. The van der Waals surface area contributed by atoms with Crippen molar-refractivity contribution in [2.24, 2.45) is 0 Å². The Bertz CT molecular complexity index is 590. The number of rotatable bonds is 2. The second-order valence-electron chi connectivity index (χ2n) is 5.97. The lowest BCUT2D eigenvalue weighted by molar-refractivity contribution is 0.246. The minimum absolute atomic E-state index is 0.352. The first-order chi connectivity index (χ1) is 9.41. The number of fused-ring (bicyclic) bond motifs is 2. The Balaban J connectivity index is 1.93. The van der Waals surface area contributed by atoms with Crippen molar-refractivity contribution >= 4 is 10.0 Å². The van der Waals surface area contributed by atoms with Crippen molar-refractivity contribution in [3.63, 3.8) is 0 Å². The van der Waals surface area contributed by atoms with Gasteiger partial charge in [-0.3, -0.25) is 10.00 Å². The highest BCUT2D eigenvalue weighted by molar-refractivity contribution is 7.89. The van der Waals surface area contributed by atoms with Gasteiger partial charge in [0, 0.05) is 25.2 Å². The van der Waals surface area contributed by atoms with Crippen molar-refractivity contribution in [3.8, 4) is 0 Å². The summed E-state index contributed by atoms with van der Waals surface area (Å²) in [6.07, 6.45) is 3.21. The van der Waals surface area contributed by atoms with Gasteiger partial charge in [-0.25, -0.2) is 8.42 Å². The summed E-state index contributed by atoms with van der Waals surface area (Å²) < 4.78 is 27.4. The molecule has 0 amide bonds. The molecule has 1 aromatic heterocycles. The Morgan fingerprint density at radius 3 is 2.55 bits per heavy atom. The van der Waals surface area contributed by atoms with Crippen LogP contribution in [-0.2, 0) is 10.0 Å². The number of H-pyrrole nitrogens is 1. The van der Waals surface area contributed by atoms with Crippen LogP contribution in [0.15, 0.2) is 4.90 Å². The molecule has 3 heterocycles. The van der Waals surface area contributed by atoms with Gasteiger partial charge in [0.25, 0.3) is 0 Å². The number of nitrogens with zero attached hydrogens (tertiary/aromatic N) is 3. The summed E-state index contributed by atoms with van der Waals surface area (Å²) in [5, 5.41) is 6.80. The first kappa shape index (κ1) is 14.0. The zero-order chi connectivity index (χ0) is 14.5. The molecule has 20 heavy (non-hydrogen) atoms. The molecule has 0 radical (unpaired) electrons. The van der Waals surface area contributed by atoms with Crippen LogP contribution >= 0.6 is 0 Å². The van der Waals surface area contributed by atoms with Gasteiger partial charge in [-0.05, 0) is 40.2 Å². The molecule has 0 aliphatic carbocycles. The first-order valence-electron chi connectivity index (χ1n) is 7.15. The smallest absolute Gasteiger partial charge is 0.246 e. The fraction of sp³-hybridized carbons (Fsp3) is 0.769. The van der Waals surface area contributed by atoms with Crippen molar-refractivity contribution in [2.75, 3.05) is 20.1 Å². The molecule has 3 rings (SSSR count). The molecule has 2 fully saturated rings. The highest BCUT2D eigenvalue weighted by atomic mass is 32.2. The zero-order valence-electron chi connectivity index (χ0n) is 12.3. The molecule has 2 unspecified atom stereocenters. The van der Waals surface area contributed by atoms with E-state index < -0.39 is 10.0 Å². The molecule has 1 aromatic rings. The molecular formula is C13H22N4O2S. The van der Waals surface area contributed by atoms with Crippen LogP contribution in [0, 0.1) is 13.8 Å². The predicted octanol–water partition coefficient (Wildman–Crippen LogP) is 0.884. The summed E-state index contributed by atoms with van der Waals surface area (Å²) in [4.78, 5) is 2.71. The van der Waals surface area contributed by atoms with Crippen LogP contribution in [0.4, 0.5) is 0 Å². The van der Waals surface area contributed by atoms with Gasteiger partial charge < -0.3 is 0 Å². The van der Waals surface area contributed by atoms with Crippen molar-refractivity contribution in [1.82, 2.24) is 19.4 Å². The maximum Gasteiger partial charge on any atom is 0.246 e. The van der Waals surface area contributed by atoms with Gasteiger partial charge >= 0.3 is 0 Å². The van der Waals surface area contributed by atoms with Gasteiger partial charge in [-0.1, -0.05) is 0 Å². The summed E-state index contributed by atoms with van der Waals surface area (Å²) in [6, 6.07) is 0.886. The molecule has 6 nitrogen and oxygen atoms in total. The quantitative estimate of drug-likeness (QED) is 0.880. The van der Waals surface area contributed by atoms with E-state index in [0.717, 1.165) is 12.8 Å². The molecule has 0 saturated carbocycles. The number of hydrogen-bond acceptors (Lipinski definition) is 4. The van der Waals surface area contributed by atoms with E-state index in [4.69, 9.17) is 0 Å². The minimum atomic E-state index is -3.44. The van der Waals surface area contributed by atoms with Crippen LogP contribution in [0.1, 0.15) is 30.7 Å². The molecule has 0 aromatic carbocycles. The second-order valence-corrected chi connectivity index (χ2v) is 7.84. The average Bonchev–Trinajstić information content (AvgIpc) is 2.80. The van der Waals surface area contributed by atoms with Gasteiger partial charge in [0.15, 0.2) is 0 Å². The number of sulfonamides is 1. The topological polar surface area (TPSA) is 69.3 Å². The number of aromatic nitrogens is 2. The molecule has 112 valence electrons. The van der Waals surface area contributed by atoms with E-state index >= 15 is 0 Å². The number of likely N-dealkylation sites (N-methyl/N-ethyl adjacent to an activating group) is 1. The first-order valence-corrected chi connectivity index (χ1v) is 8.59. The summed E-state index contributed by atoms with van der Waals surface area (Å²) in [7, 11) is -1.32. The van der Waals surface area contributed by atoms with E-state index in [-0.39, 0.29) is 0 Å². The number of hydrogen-bond donors (Lipinski definition) is 1. The SMILES string of the molecule is Cc1n[nH]c(C)c1S(=O)(=O)N1CCC2CCC(C1)N2C. The fourth-order valence-electron chi connectivity index (χ4n) is 3.55. The fourth-order valence-corrected chi connectivity index (χ4v) is 5.37. The van der Waals surface area contributed by atoms with Crippen molar-refractivity contribution in [1.29, 1.82) is 0 Å². The molecule has 2 atom stereocenters. The summed E-state index contributed by atoms with van der Waals surface area (Å²) in [5.74, 6) is 0. The third-order valence-corrected chi connectivity index (χ3v) is 6.90. The van der Waals surface area contributed by atoms with Crippen molar-refractivity contribution < 1.29 is 8.42 Å². The van der Waals surface area contributed by atoms with E-state index in [1.807, 2.05) is 0 Å². The van der Waals surface area contributed by atoms with E-state index in [1.54, 1.807) is 18.2 Å². The Morgan fingerprint density at radius 1 is 1.20 bits per heavy atom. The number of nitrogens with one attached hydrogen (secondary N) is 1. The largest absolute Gasteiger partial charge is 0.299 e. The lowest BCUT2D eigenvalue weighted by Gasteiger charge is -2.25. The van der Waals surface area contributed by atoms with Crippen LogP contribution in [0.3, 0.4) is 0 Å². The Hall–Kier alpha value is -0.920. The Kier molecular flexibility index (Phi) is 3.38. The maximum atomic E-state index is 12.9. The number of aromatic amines is 1. The molecule has 2 saturated heterocycles. The highest BCUT2D eigenvalue weighted by Crippen LogP contribution is 2.31. The third-order valence-electron chi connectivity index (χ3n) is 4.77. The van der Waals surface area contributed by atoms with Gasteiger partial charge in [-0.2, -0.15) is 9.40 Å².